The maximum absolute atomic E-state index is 5.72. The fraction of sp³-hybridized carbons (Fsp3) is 1.00. The fourth-order valence-electron chi connectivity index (χ4n) is 2.86. The van der Waals surface area contributed by atoms with Crippen molar-refractivity contribution in [2.45, 2.75) is 89.8 Å². The third-order valence-electron chi connectivity index (χ3n) is 5.30. The summed E-state index contributed by atoms with van der Waals surface area (Å²) >= 11 is 0. The molecular formula is C16H34O4Si2. The van der Waals surface area contributed by atoms with Crippen molar-refractivity contribution in [3.05, 3.63) is 0 Å². The average Bonchev–Trinajstić information content (AvgIpc) is 3.32. The van der Waals surface area contributed by atoms with Crippen LogP contribution in [0.4, 0.5) is 0 Å². The molecule has 0 bridgehead atoms. The molecule has 6 heteroatoms. The highest BCUT2D eigenvalue weighted by Crippen LogP contribution is 2.40. The van der Waals surface area contributed by atoms with Gasteiger partial charge in [0.15, 0.2) is 12.6 Å². The number of rotatable bonds is 11. The molecule has 0 aromatic rings. The molecule has 2 fully saturated rings. The van der Waals surface area contributed by atoms with E-state index in [0.717, 1.165) is 26.1 Å². The molecule has 0 unspecified atom stereocenters. The van der Waals surface area contributed by atoms with Crippen LogP contribution in [0.1, 0.15) is 26.7 Å². The van der Waals surface area contributed by atoms with E-state index in [2.05, 4.69) is 40.0 Å². The van der Waals surface area contributed by atoms with Crippen LogP contribution in [-0.2, 0) is 18.9 Å². The predicted octanol–water partition coefficient (Wildman–Crippen LogP) is 3.78. The van der Waals surface area contributed by atoms with E-state index >= 15 is 0 Å². The van der Waals surface area contributed by atoms with Crippen LogP contribution in [0, 0.1) is 0 Å². The lowest BCUT2D eigenvalue weighted by atomic mass is 10.5. The van der Waals surface area contributed by atoms with E-state index in [1.807, 2.05) is 0 Å². The molecule has 22 heavy (non-hydrogen) atoms. The molecule has 2 heterocycles. The summed E-state index contributed by atoms with van der Waals surface area (Å²) < 4.78 is 22.8. The molecule has 0 amide bonds. The second-order valence-corrected chi connectivity index (χ2v) is 24.5. The fourth-order valence-corrected chi connectivity index (χ4v) is 11.1. The van der Waals surface area contributed by atoms with Gasteiger partial charge in [-0.2, -0.15) is 0 Å². The summed E-state index contributed by atoms with van der Waals surface area (Å²) in [5.41, 5.74) is 0. The smallest absolute Gasteiger partial charge is 0.184 e. The molecule has 0 spiro atoms. The van der Waals surface area contributed by atoms with Crippen LogP contribution >= 0.6 is 0 Å². The number of hydrogen-bond acceptors (Lipinski definition) is 4. The van der Waals surface area contributed by atoms with Crippen molar-refractivity contribution in [1.29, 1.82) is 0 Å². The van der Waals surface area contributed by atoms with Gasteiger partial charge in [0.25, 0.3) is 0 Å². The van der Waals surface area contributed by atoms with Crippen molar-refractivity contribution in [2.75, 3.05) is 13.2 Å². The molecule has 4 nitrogen and oxygen atoms in total. The Bertz CT molecular complexity index is 328. The van der Waals surface area contributed by atoms with Crippen molar-refractivity contribution in [2.24, 2.45) is 0 Å². The first kappa shape index (κ1) is 18.6. The summed E-state index contributed by atoms with van der Waals surface area (Å²) in [7, 11) is -2.60. The molecule has 0 aliphatic carbocycles. The van der Waals surface area contributed by atoms with Gasteiger partial charge in [-0.15, -0.1) is 0 Å². The van der Waals surface area contributed by atoms with Crippen LogP contribution in [0.25, 0.3) is 0 Å². The van der Waals surface area contributed by atoms with Crippen LogP contribution in [0.2, 0.25) is 38.3 Å². The van der Waals surface area contributed by atoms with Crippen LogP contribution in [0.3, 0.4) is 0 Å². The van der Waals surface area contributed by atoms with Gasteiger partial charge >= 0.3 is 0 Å². The van der Waals surface area contributed by atoms with Crippen LogP contribution in [0.5, 0.6) is 0 Å². The van der Waals surface area contributed by atoms with E-state index in [-0.39, 0.29) is 12.6 Å². The third kappa shape index (κ3) is 4.88. The lowest BCUT2D eigenvalue weighted by Crippen LogP contribution is -2.56. The van der Waals surface area contributed by atoms with Crippen molar-refractivity contribution in [3.8, 4) is 0 Å². The highest BCUT2D eigenvalue weighted by atomic mass is 29.3. The largest absolute Gasteiger partial charge is 0.350 e. The summed E-state index contributed by atoms with van der Waals surface area (Å²) in [6.07, 6.45) is 2.99. The Morgan fingerprint density at radius 3 is 1.41 bits per heavy atom. The Hall–Kier alpha value is 0.274. The Morgan fingerprint density at radius 2 is 1.09 bits per heavy atom. The van der Waals surface area contributed by atoms with E-state index in [0.29, 0.717) is 12.2 Å². The van der Waals surface area contributed by atoms with Gasteiger partial charge in [0, 0.05) is 28.4 Å². The topological polar surface area (TPSA) is 43.5 Å². The normalized spacial score (nSPS) is 31.4. The van der Waals surface area contributed by atoms with Crippen LogP contribution in [0.15, 0.2) is 0 Å². The second-order valence-electron chi connectivity index (χ2n) is 8.00. The highest BCUT2D eigenvalue weighted by molar-refractivity contribution is 7.40. The molecule has 0 N–H and O–H groups in total. The molecule has 0 saturated carbocycles. The van der Waals surface area contributed by atoms with Crippen molar-refractivity contribution >= 4 is 15.2 Å². The zero-order chi connectivity index (χ0) is 16.4. The molecule has 0 radical (unpaired) electrons. The highest BCUT2D eigenvalue weighted by Gasteiger charge is 2.53. The standard InChI is InChI=1S/C16H34O4Si2/c1-7-9-17-15-13(19-15)11-21(3,4)22(5,6)12-14-16(20-14)18-10-8-2/h13-16H,7-12H2,1-6H3/t13-,14-,15-,16+/m1/s1. The summed E-state index contributed by atoms with van der Waals surface area (Å²) in [5, 5.41) is 0. The zero-order valence-electron chi connectivity index (χ0n) is 15.2. The van der Waals surface area contributed by atoms with Crippen molar-refractivity contribution < 1.29 is 18.9 Å². The van der Waals surface area contributed by atoms with Crippen LogP contribution in [-0.4, -0.2) is 53.2 Å². The molecule has 130 valence electrons. The van der Waals surface area contributed by atoms with Gasteiger partial charge in [-0.05, 0) is 24.9 Å². The number of epoxide rings is 2. The monoisotopic (exact) mass is 346 g/mol. The van der Waals surface area contributed by atoms with Gasteiger partial charge in [0.05, 0.1) is 0 Å². The van der Waals surface area contributed by atoms with Crippen LogP contribution < -0.4 is 0 Å². The van der Waals surface area contributed by atoms with E-state index in [9.17, 15) is 0 Å². The van der Waals surface area contributed by atoms with Crippen molar-refractivity contribution in [3.63, 3.8) is 0 Å². The summed E-state index contributed by atoms with van der Waals surface area (Å²) in [4.78, 5) is 0. The van der Waals surface area contributed by atoms with Gasteiger partial charge in [0.1, 0.15) is 12.2 Å². The molecule has 0 aromatic carbocycles. The van der Waals surface area contributed by atoms with E-state index < -0.39 is 15.2 Å². The first-order chi connectivity index (χ1) is 10.3. The first-order valence-corrected chi connectivity index (χ1v) is 16.3. The minimum absolute atomic E-state index is 0.0781. The second kappa shape index (κ2) is 7.44. The molecule has 0 aromatic heterocycles. The first-order valence-electron chi connectivity index (χ1n) is 8.85. The third-order valence-corrected chi connectivity index (χ3v) is 24.0. The Morgan fingerprint density at radius 1 is 0.727 bits per heavy atom. The molecule has 2 aliphatic heterocycles. The summed E-state index contributed by atoms with van der Waals surface area (Å²) in [5.74, 6) is 0. The molecule has 2 saturated heterocycles. The zero-order valence-corrected chi connectivity index (χ0v) is 17.2. The predicted molar refractivity (Wildman–Crippen MR) is 94.4 cm³/mol. The SMILES string of the molecule is CCCO[C@@H]1O[C@@H]1C[Si](C)(C)[Si](C)(C)C[C@H]1O[C@@H]1OCCC. The molecule has 2 rings (SSSR count). The number of ether oxygens (including phenoxy) is 4. The molecule has 2 aliphatic rings. The Balaban J connectivity index is 1.76. The minimum atomic E-state index is -1.30. The summed E-state index contributed by atoms with van der Waals surface area (Å²) in [6.45, 7) is 16.0. The molecule has 4 atom stereocenters. The van der Waals surface area contributed by atoms with Gasteiger partial charge < -0.3 is 18.9 Å². The lowest BCUT2D eigenvalue weighted by molar-refractivity contribution is 0.0505. The number of hydrogen-bond donors (Lipinski definition) is 0. The lowest BCUT2D eigenvalue weighted by Gasteiger charge is -2.38. The Labute approximate surface area is 137 Å². The average molecular weight is 347 g/mol. The quantitative estimate of drug-likeness (QED) is 0.422. The van der Waals surface area contributed by atoms with E-state index in [1.54, 1.807) is 0 Å². The molecular weight excluding hydrogens is 312 g/mol. The van der Waals surface area contributed by atoms with Gasteiger partial charge in [-0.25, -0.2) is 0 Å². The minimum Gasteiger partial charge on any atom is -0.350 e. The summed E-state index contributed by atoms with van der Waals surface area (Å²) in [6, 6.07) is 2.46. The van der Waals surface area contributed by atoms with Gasteiger partial charge in [-0.3, -0.25) is 0 Å². The van der Waals surface area contributed by atoms with Gasteiger partial charge in [0.2, 0.25) is 0 Å². The van der Waals surface area contributed by atoms with E-state index in [1.165, 1.54) is 12.1 Å². The van der Waals surface area contributed by atoms with Crippen molar-refractivity contribution in [1.82, 2.24) is 0 Å². The maximum atomic E-state index is 5.72. The van der Waals surface area contributed by atoms with E-state index in [4.69, 9.17) is 18.9 Å². The maximum Gasteiger partial charge on any atom is 0.184 e. The van der Waals surface area contributed by atoms with Gasteiger partial charge in [-0.1, -0.05) is 40.0 Å². The Kier molecular flexibility index (Phi) is 6.30.